The molecule has 1 aliphatic rings. The van der Waals surface area contributed by atoms with Crippen molar-refractivity contribution in [2.45, 2.75) is 12.5 Å². The number of halogens is 1. The lowest BCUT2D eigenvalue weighted by atomic mass is 10.1. The molecule has 1 unspecified atom stereocenters. The van der Waals surface area contributed by atoms with Crippen LogP contribution in [0.4, 0.5) is 4.39 Å². The second kappa shape index (κ2) is 6.83. The Kier molecular flexibility index (Phi) is 4.35. The number of aromatic nitrogens is 4. The Morgan fingerprint density at radius 2 is 2.00 bits per heavy atom. The van der Waals surface area contributed by atoms with Gasteiger partial charge in [-0.25, -0.2) is 4.39 Å². The molecule has 3 heterocycles. The third-order valence-corrected chi connectivity index (χ3v) is 4.85. The van der Waals surface area contributed by atoms with Crippen LogP contribution in [0.25, 0.3) is 22.6 Å². The maximum Gasteiger partial charge on any atom is 0.246 e. The third-order valence-electron chi connectivity index (χ3n) is 4.85. The molecule has 0 N–H and O–H groups in total. The highest BCUT2D eigenvalue weighted by Gasteiger charge is 2.29. The van der Waals surface area contributed by atoms with Gasteiger partial charge in [-0.1, -0.05) is 6.58 Å². The Balaban J connectivity index is 1.74. The Morgan fingerprint density at radius 1 is 1.22 bits per heavy atom. The van der Waals surface area contributed by atoms with Crippen molar-refractivity contribution in [3.05, 3.63) is 61.1 Å². The Bertz CT molecular complexity index is 988. The molecule has 0 spiro atoms. The minimum atomic E-state index is -0.280. The number of amides is 1. The zero-order valence-corrected chi connectivity index (χ0v) is 15.0. The van der Waals surface area contributed by atoms with E-state index in [1.54, 1.807) is 21.7 Å². The molecular formula is C20H20FN5O. The first-order valence-electron chi connectivity index (χ1n) is 8.82. The number of hydrogen-bond donors (Lipinski definition) is 0. The average molecular weight is 365 g/mol. The van der Waals surface area contributed by atoms with Crippen molar-refractivity contribution in [1.29, 1.82) is 0 Å². The first-order valence-corrected chi connectivity index (χ1v) is 8.82. The highest BCUT2D eigenvalue weighted by Crippen LogP contribution is 2.31. The summed E-state index contributed by atoms with van der Waals surface area (Å²) in [4.78, 5) is 13.7. The van der Waals surface area contributed by atoms with E-state index in [-0.39, 0.29) is 17.8 Å². The van der Waals surface area contributed by atoms with Crippen molar-refractivity contribution < 1.29 is 9.18 Å². The summed E-state index contributed by atoms with van der Waals surface area (Å²) in [5.74, 6) is -0.347. The minimum Gasteiger partial charge on any atom is -0.337 e. The van der Waals surface area contributed by atoms with E-state index in [0.29, 0.717) is 13.1 Å². The summed E-state index contributed by atoms with van der Waals surface area (Å²) in [6.07, 6.45) is 4.03. The van der Waals surface area contributed by atoms with Gasteiger partial charge < -0.3 is 4.90 Å². The van der Waals surface area contributed by atoms with Crippen molar-refractivity contribution >= 4 is 5.91 Å². The SMILES string of the molecule is C=CC(=O)N1CCC(n2nc(-c3ccc(F)cc3)cc2-c2ccn(C)n2)C1. The summed E-state index contributed by atoms with van der Waals surface area (Å²) >= 11 is 0. The van der Waals surface area contributed by atoms with Gasteiger partial charge in [-0.15, -0.1) is 0 Å². The van der Waals surface area contributed by atoms with Crippen molar-refractivity contribution in [3.8, 4) is 22.6 Å². The molecule has 2 aromatic heterocycles. The van der Waals surface area contributed by atoms with Gasteiger partial charge in [0.25, 0.3) is 0 Å². The summed E-state index contributed by atoms with van der Waals surface area (Å²) < 4.78 is 17.0. The van der Waals surface area contributed by atoms with Crippen LogP contribution in [0.5, 0.6) is 0 Å². The van der Waals surface area contributed by atoms with Gasteiger partial charge in [-0.3, -0.25) is 14.2 Å². The molecule has 7 heteroatoms. The highest BCUT2D eigenvalue weighted by molar-refractivity contribution is 5.87. The van der Waals surface area contributed by atoms with E-state index in [4.69, 9.17) is 5.10 Å². The summed E-state index contributed by atoms with van der Waals surface area (Å²) in [7, 11) is 1.87. The molecule has 1 saturated heterocycles. The highest BCUT2D eigenvalue weighted by atomic mass is 19.1. The van der Waals surface area contributed by atoms with E-state index in [0.717, 1.165) is 29.1 Å². The Morgan fingerprint density at radius 3 is 2.67 bits per heavy atom. The van der Waals surface area contributed by atoms with Crippen LogP contribution in [0, 0.1) is 5.82 Å². The van der Waals surface area contributed by atoms with Gasteiger partial charge in [0, 0.05) is 31.9 Å². The molecule has 0 radical (unpaired) electrons. The first-order chi connectivity index (χ1) is 13.0. The lowest BCUT2D eigenvalue weighted by molar-refractivity contribution is -0.125. The molecule has 4 rings (SSSR count). The molecule has 138 valence electrons. The second-order valence-electron chi connectivity index (χ2n) is 6.67. The molecule has 0 saturated carbocycles. The van der Waals surface area contributed by atoms with E-state index in [1.165, 1.54) is 18.2 Å². The van der Waals surface area contributed by atoms with Crippen LogP contribution >= 0.6 is 0 Å². The zero-order valence-electron chi connectivity index (χ0n) is 15.0. The number of benzene rings is 1. The predicted molar refractivity (Wildman–Crippen MR) is 100 cm³/mol. The molecule has 27 heavy (non-hydrogen) atoms. The normalized spacial score (nSPS) is 16.7. The summed E-state index contributed by atoms with van der Waals surface area (Å²) in [6.45, 7) is 4.81. The smallest absolute Gasteiger partial charge is 0.246 e. The van der Waals surface area contributed by atoms with Crippen LogP contribution < -0.4 is 0 Å². The number of nitrogens with zero attached hydrogens (tertiary/aromatic N) is 5. The number of carbonyl (C=O) groups excluding carboxylic acids is 1. The molecular weight excluding hydrogens is 345 g/mol. The minimum absolute atomic E-state index is 0.0557. The van der Waals surface area contributed by atoms with Gasteiger partial charge in [-0.05, 0) is 48.9 Å². The Hall–Kier alpha value is -3.22. The second-order valence-corrected chi connectivity index (χ2v) is 6.67. The van der Waals surface area contributed by atoms with Gasteiger partial charge in [0.05, 0.1) is 17.4 Å². The van der Waals surface area contributed by atoms with Gasteiger partial charge in [-0.2, -0.15) is 10.2 Å². The number of carbonyl (C=O) groups is 1. The lowest BCUT2D eigenvalue weighted by Crippen LogP contribution is -2.27. The van der Waals surface area contributed by atoms with Crippen LogP contribution in [-0.2, 0) is 11.8 Å². The van der Waals surface area contributed by atoms with E-state index in [9.17, 15) is 9.18 Å². The molecule has 0 aliphatic carbocycles. The molecule has 0 bridgehead atoms. The number of hydrogen-bond acceptors (Lipinski definition) is 3. The van der Waals surface area contributed by atoms with Crippen molar-refractivity contribution in [2.75, 3.05) is 13.1 Å². The molecule has 1 atom stereocenters. The van der Waals surface area contributed by atoms with Crippen molar-refractivity contribution in [1.82, 2.24) is 24.5 Å². The summed E-state index contributed by atoms with van der Waals surface area (Å²) in [5.41, 5.74) is 3.29. The monoisotopic (exact) mass is 365 g/mol. The van der Waals surface area contributed by atoms with Gasteiger partial charge in [0.15, 0.2) is 0 Å². The van der Waals surface area contributed by atoms with Crippen LogP contribution in [0.3, 0.4) is 0 Å². The largest absolute Gasteiger partial charge is 0.337 e. The average Bonchev–Trinajstić information content (AvgIpc) is 3.40. The predicted octanol–water partition coefficient (Wildman–Crippen LogP) is 3.05. The number of likely N-dealkylation sites (tertiary alicyclic amines) is 1. The fourth-order valence-electron chi connectivity index (χ4n) is 3.45. The maximum atomic E-state index is 13.3. The fraction of sp³-hybridized carbons (Fsp3) is 0.250. The first kappa shape index (κ1) is 17.2. The third kappa shape index (κ3) is 3.28. The molecule has 1 aliphatic heterocycles. The van der Waals surface area contributed by atoms with Crippen LogP contribution in [0.15, 0.2) is 55.3 Å². The van der Waals surface area contributed by atoms with Gasteiger partial charge in [0.1, 0.15) is 11.5 Å². The van der Waals surface area contributed by atoms with Crippen molar-refractivity contribution in [2.24, 2.45) is 7.05 Å². The van der Waals surface area contributed by atoms with Gasteiger partial charge >= 0.3 is 0 Å². The van der Waals surface area contributed by atoms with E-state index >= 15 is 0 Å². The molecule has 6 nitrogen and oxygen atoms in total. The number of rotatable bonds is 4. The lowest BCUT2D eigenvalue weighted by Gasteiger charge is -2.16. The standard InChI is InChI=1S/C20H20FN5O/c1-3-20(27)25-11-8-16(13-25)26-19(17-9-10-24(2)22-17)12-18(23-26)14-4-6-15(21)7-5-14/h3-7,9-10,12,16H,1,8,11,13H2,2H3. The maximum absolute atomic E-state index is 13.3. The van der Waals surface area contributed by atoms with Crippen LogP contribution in [-0.4, -0.2) is 43.5 Å². The molecule has 1 fully saturated rings. The molecule has 1 aromatic carbocycles. The molecule has 3 aromatic rings. The summed E-state index contributed by atoms with van der Waals surface area (Å²) in [5, 5.41) is 9.28. The van der Waals surface area contributed by atoms with Crippen LogP contribution in [0.2, 0.25) is 0 Å². The van der Waals surface area contributed by atoms with E-state index < -0.39 is 0 Å². The topological polar surface area (TPSA) is 56.0 Å². The Labute approximate surface area is 156 Å². The quantitative estimate of drug-likeness (QED) is 0.668. The van der Waals surface area contributed by atoms with Crippen LogP contribution in [0.1, 0.15) is 12.5 Å². The zero-order chi connectivity index (χ0) is 19.0. The van der Waals surface area contributed by atoms with Crippen molar-refractivity contribution in [3.63, 3.8) is 0 Å². The van der Waals surface area contributed by atoms with E-state index in [2.05, 4.69) is 11.7 Å². The molecule has 1 amide bonds. The van der Waals surface area contributed by atoms with Gasteiger partial charge in [0.2, 0.25) is 5.91 Å². The van der Waals surface area contributed by atoms with E-state index in [1.807, 2.05) is 30.1 Å². The number of aryl methyl sites for hydroxylation is 1. The summed E-state index contributed by atoms with van der Waals surface area (Å²) in [6, 6.07) is 10.2. The fourth-order valence-corrected chi connectivity index (χ4v) is 3.45.